The molecule has 0 aliphatic carbocycles. The summed E-state index contributed by atoms with van der Waals surface area (Å²) in [7, 11) is 0. The number of fused-ring (bicyclic) bond motifs is 1. The number of nitrogens with one attached hydrogen (secondary N) is 2. The molecule has 1 atom stereocenters. The van der Waals surface area contributed by atoms with Crippen LogP contribution < -0.4 is 10.6 Å². The molecule has 21 heavy (non-hydrogen) atoms. The van der Waals surface area contributed by atoms with Crippen molar-refractivity contribution < 1.29 is 14.7 Å². The summed E-state index contributed by atoms with van der Waals surface area (Å²) in [6, 6.07) is 5.83. The Hall–Kier alpha value is -2.63. The number of carboxylic acid groups (broad SMARTS) is 1. The second-order valence-electron chi connectivity index (χ2n) is 5.06. The van der Waals surface area contributed by atoms with E-state index in [2.05, 4.69) is 15.6 Å². The number of nitrogens with zero attached hydrogens (tertiary/aromatic N) is 1. The Labute approximate surface area is 122 Å². The molecule has 0 fully saturated rings. The quantitative estimate of drug-likeness (QED) is 0.805. The van der Waals surface area contributed by atoms with Gasteiger partial charge in [-0.3, -0.25) is 4.98 Å². The fraction of sp³-hybridized carbons (Fsp3) is 0.267. The Balaban J connectivity index is 2.17. The summed E-state index contributed by atoms with van der Waals surface area (Å²) in [4.78, 5) is 27.1. The van der Waals surface area contributed by atoms with Crippen LogP contribution in [0.1, 0.15) is 13.8 Å². The van der Waals surface area contributed by atoms with E-state index < -0.39 is 18.0 Å². The van der Waals surface area contributed by atoms with Gasteiger partial charge in [0, 0.05) is 17.8 Å². The van der Waals surface area contributed by atoms with E-state index in [1.165, 1.54) is 0 Å². The van der Waals surface area contributed by atoms with Gasteiger partial charge in [0.15, 0.2) is 0 Å². The Morgan fingerprint density at radius 3 is 2.67 bits per heavy atom. The molecular weight excluding hydrogens is 270 g/mol. The zero-order valence-corrected chi connectivity index (χ0v) is 11.8. The van der Waals surface area contributed by atoms with E-state index >= 15 is 0 Å². The van der Waals surface area contributed by atoms with E-state index in [1.807, 2.05) is 18.2 Å². The second kappa shape index (κ2) is 6.21. The number of urea groups is 1. The number of carbonyl (C=O) groups is 2. The first-order valence-electron chi connectivity index (χ1n) is 6.62. The van der Waals surface area contributed by atoms with Crippen LogP contribution in [0.25, 0.3) is 10.8 Å². The molecule has 0 spiro atoms. The lowest BCUT2D eigenvalue weighted by atomic mass is 10.1. The molecule has 0 aliphatic heterocycles. The van der Waals surface area contributed by atoms with E-state index in [0.29, 0.717) is 5.69 Å². The SMILES string of the molecule is CC(C)[C@@H](NC(=O)Nc1cccc2ccncc12)C(=O)O. The molecule has 1 aromatic heterocycles. The molecule has 2 amide bonds. The first kappa shape index (κ1) is 14.8. The van der Waals surface area contributed by atoms with Crippen LogP contribution in [-0.2, 0) is 4.79 Å². The summed E-state index contributed by atoms with van der Waals surface area (Å²) in [5.74, 6) is -1.26. The Kier molecular flexibility index (Phi) is 4.37. The van der Waals surface area contributed by atoms with Crippen molar-refractivity contribution in [3.05, 3.63) is 36.7 Å². The summed E-state index contributed by atoms with van der Waals surface area (Å²) in [5, 5.41) is 16.0. The van der Waals surface area contributed by atoms with Gasteiger partial charge < -0.3 is 15.7 Å². The molecule has 0 saturated carbocycles. The maximum absolute atomic E-state index is 12.0. The van der Waals surface area contributed by atoms with Crippen LogP contribution in [0.3, 0.4) is 0 Å². The number of carboxylic acids is 1. The fourth-order valence-electron chi connectivity index (χ4n) is 2.04. The molecule has 1 heterocycles. The van der Waals surface area contributed by atoms with E-state index in [-0.39, 0.29) is 5.92 Å². The van der Waals surface area contributed by atoms with Crippen LogP contribution in [-0.4, -0.2) is 28.1 Å². The van der Waals surface area contributed by atoms with Gasteiger partial charge >= 0.3 is 12.0 Å². The smallest absolute Gasteiger partial charge is 0.326 e. The molecule has 3 N–H and O–H groups in total. The minimum absolute atomic E-state index is 0.206. The third-order valence-electron chi connectivity index (χ3n) is 3.15. The van der Waals surface area contributed by atoms with Gasteiger partial charge in [0.05, 0.1) is 5.69 Å². The highest BCUT2D eigenvalue weighted by Crippen LogP contribution is 2.21. The number of hydrogen-bond donors (Lipinski definition) is 3. The van der Waals surface area contributed by atoms with Crippen molar-refractivity contribution in [3.63, 3.8) is 0 Å². The highest BCUT2D eigenvalue weighted by molar-refractivity contribution is 6.01. The van der Waals surface area contributed by atoms with Gasteiger partial charge in [-0.25, -0.2) is 9.59 Å². The molecule has 1 aromatic carbocycles. The number of pyridine rings is 1. The molecule has 0 unspecified atom stereocenters. The summed E-state index contributed by atoms with van der Waals surface area (Å²) >= 11 is 0. The number of carbonyl (C=O) groups excluding carboxylic acids is 1. The van der Waals surface area contributed by atoms with E-state index in [0.717, 1.165) is 10.8 Å². The summed E-state index contributed by atoms with van der Waals surface area (Å²) < 4.78 is 0. The van der Waals surface area contributed by atoms with Gasteiger partial charge in [-0.1, -0.05) is 26.0 Å². The Morgan fingerprint density at radius 2 is 2.00 bits per heavy atom. The van der Waals surface area contributed by atoms with Crippen LogP contribution in [0.15, 0.2) is 36.7 Å². The van der Waals surface area contributed by atoms with Crippen molar-refractivity contribution in [2.24, 2.45) is 5.92 Å². The lowest BCUT2D eigenvalue weighted by Gasteiger charge is -2.18. The van der Waals surface area contributed by atoms with Crippen molar-refractivity contribution in [1.29, 1.82) is 0 Å². The molecule has 2 rings (SSSR count). The fourth-order valence-corrected chi connectivity index (χ4v) is 2.04. The average Bonchev–Trinajstić information content (AvgIpc) is 2.44. The highest BCUT2D eigenvalue weighted by Gasteiger charge is 2.23. The Bertz CT molecular complexity index is 665. The average molecular weight is 287 g/mol. The molecule has 0 radical (unpaired) electrons. The van der Waals surface area contributed by atoms with Gasteiger partial charge in [-0.2, -0.15) is 0 Å². The molecule has 0 bridgehead atoms. The number of anilines is 1. The first-order valence-corrected chi connectivity index (χ1v) is 6.62. The predicted octanol–water partition coefficient (Wildman–Crippen LogP) is 2.47. The molecule has 0 saturated heterocycles. The third kappa shape index (κ3) is 3.47. The minimum Gasteiger partial charge on any atom is -0.480 e. The number of aromatic nitrogens is 1. The van der Waals surface area contributed by atoms with Crippen molar-refractivity contribution >= 4 is 28.5 Å². The summed E-state index contributed by atoms with van der Waals surface area (Å²) in [6.45, 7) is 3.47. The largest absolute Gasteiger partial charge is 0.480 e. The van der Waals surface area contributed by atoms with Crippen LogP contribution in [0.5, 0.6) is 0 Å². The topological polar surface area (TPSA) is 91.3 Å². The van der Waals surface area contributed by atoms with Gasteiger partial charge in [-0.05, 0) is 23.4 Å². The standard InChI is InChI=1S/C15H17N3O3/c1-9(2)13(14(19)20)18-15(21)17-12-5-3-4-10-6-7-16-8-11(10)12/h3-9,13H,1-2H3,(H,19,20)(H2,17,18,21)/t13-/m1/s1. The van der Waals surface area contributed by atoms with Gasteiger partial charge in [-0.15, -0.1) is 0 Å². The summed E-state index contributed by atoms with van der Waals surface area (Å²) in [6.07, 6.45) is 3.33. The number of aliphatic carboxylic acids is 1. The molecule has 2 aromatic rings. The van der Waals surface area contributed by atoms with E-state index in [9.17, 15) is 9.59 Å². The molecule has 6 nitrogen and oxygen atoms in total. The molecular formula is C15H17N3O3. The van der Waals surface area contributed by atoms with Gasteiger partial charge in [0.25, 0.3) is 0 Å². The first-order chi connectivity index (χ1) is 9.99. The van der Waals surface area contributed by atoms with Crippen LogP contribution in [0.4, 0.5) is 10.5 Å². The van der Waals surface area contributed by atoms with Crippen molar-refractivity contribution in [1.82, 2.24) is 10.3 Å². The zero-order chi connectivity index (χ0) is 15.4. The van der Waals surface area contributed by atoms with Crippen LogP contribution in [0.2, 0.25) is 0 Å². The molecule has 0 aliphatic rings. The van der Waals surface area contributed by atoms with Gasteiger partial charge in [0.1, 0.15) is 6.04 Å². The number of amides is 2. The van der Waals surface area contributed by atoms with E-state index in [4.69, 9.17) is 5.11 Å². The van der Waals surface area contributed by atoms with E-state index in [1.54, 1.807) is 32.3 Å². The van der Waals surface area contributed by atoms with Crippen LogP contribution >= 0.6 is 0 Å². The van der Waals surface area contributed by atoms with Crippen LogP contribution in [0, 0.1) is 5.92 Å². The number of benzene rings is 1. The van der Waals surface area contributed by atoms with Crippen molar-refractivity contribution in [2.45, 2.75) is 19.9 Å². The molecule has 110 valence electrons. The maximum Gasteiger partial charge on any atom is 0.326 e. The zero-order valence-electron chi connectivity index (χ0n) is 11.8. The second-order valence-corrected chi connectivity index (χ2v) is 5.06. The predicted molar refractivity (Wildman–Crippen MR) is 80.2 cm³/mol. The minimum atomic E-state index is -1.06. The maximum atomic E-state index is 12.0. The number of rotatable bonds is 4. The summed E-state index contributed by atoms with van der Waals surface area (Å²) in [5.41, 5.74) is 0.589. The number of hydrogen-bond acceptors (Lipinski definition) is 3. The lowest BCUT2D eigenvalue weighted by molar-refractivity contribution is -0.140. The van der Waals surface area contributed by atoms with Gasteiger partial charge in [0.2, 0.25) is 0 Å². The Morgan fingerprint density at radius 1 is 1.24 bits per heavy atom. The normalized spacial score (nSPS) is 12.1. The highest BCUT2D eigenvalue weighted by atomic mass is 16.4. The van der Waals surface area contributed by atoms with Crippen molar-refractivity contribution in [2.75, 3.05) is 5.32 Å². The van der Waals surface area contributed by atoms with Crippen molar-refractivity contribution in [3.8, 4) is 0 Å². The molecule has 6 heteroatoms. The lowest BCUT2D eigenvalue weighted by Crippen LogP contribution is -2.46. The monoisotopic (exact) mass is 287 g/mol. The third-order valence-corrected chi connectivity index (χ3v) is 3.15.